The molecule has 2 atom stereocenters. The van der Waals surface area contributed by atoms with Crippen LogP contribution in [0.5, 0.6) is 0 Å². The molecule has 21 heavy (non-hydrogen) atoms. The number of nitrogens with one attached hydrogen (secondary N) is 1. The Morgan fingerprint density at radius 1 is 1.33 bits per heavy atom. The van der Waals surface area contributed by atoms with Crippen LogP contribution in [0.25, 0.3) is 0 Å². The standard InChI is InChI=1S/C15H20N2O4/c1-10-3-2-4-12(7-5-10)16-13-9-11(15(18)19)6-8-14(13)17(20)21/h6,8-10,12,16H,2-5,7H2,1H3,(H,18,19). The SMILES string of the molecule is CC1CCCC(Nc2cc(C(=O)O)ccc2[N+](=O)[O-])CC1. The third-order valence-corrected chi connectivity index (χ3v) is 4.06. The minimum absolute atomic E-state index is 0.0603. The van der Waals surface area contributed by atoms with E-state index in [1.165, 1.54) is 24.6 Å². The maximum Gasteiger partial charge on any atom is 0.335 e. The number of benzene rings is 1. The number of carboxylic acid groups (broad SMARTS) is 1. The molecule has 2 N–H and O–H groups in total. The zero-order valence-electron chi connectivity index (χ0n) is 12.0. The number of nitro benzene ring substituents is 1. The second-order valence-electron chi connectivity index (χ2n) is 5.75. The molecule has 2 rings (SSSR count). The number of rotatable bonds is 4. The van der Waals surface area contributed by atoms with Gasteiger partial charge in [0.1, 0.15) is 5.69 Å². The van der Waals surface area contributed by atoms with Gasteiger partial charge in [0.05, 0.1) is 10.5 Å². The number of carboxylic acids is 1. The van der Waals surface area contributed by atoms with E-state index in [2.05, 4.69) is 12.2 Å². The molecule has 1 aromatic carbocycles. The van der Waals surface area contributed by atoms with Gasteiger partial charge in [0.25, 0.3) is 5.69 Å². The fraction of sp³-hybridized carbons (Fsp3) is 0.533. The first-order valence-corrected chi connectivity index (χ1v) is 7.25. The molecule has 0 radical (unpaired) electrons. The molecule has 1 aliphatic rings. The minimum Gasteiger partial charge on any atom is -0.478 e. The third-order valence-electron chi connectivity index (χ3n) is 4.06. The van der Waals surface area contributed by atoms with Crippen LogP contribution in [0.15, 0.2) is 18.2 Å². The molecule has 114 valence electrons. The van der Waals surface area contributed by atoms with E-state index < -0.39 is 10.9 Å². The highest BCUT2D eigenvalue weighted by atomic mass is 16.6. The predicted octanol–water partition coefficient (Wildman–Crippen LogP) is 3.67. The minimum atomic E-state index is -1.08. The van der Waals surface area contributed by atoms with E-state index in [9.17, 15) is 14.9 Å². The average Bonchev–Trinajstić information content (AvgIpc) is 2.63. The molecule has 0 bridgehead atoms. The molecule has 2 unspecified atom stereocenters. The van der Waals surface area contributed by atoms with Gasteiger partial charge in [0.2, 0.25) is 0 Å². The molecule has 1 saturated carbocycles. The van der Waals surface area contributed by atoms with Crippen LogP contribution in [0.3, 0.4) is 0 Å². The third kappa shape index (κ3) is 3.93. The first kappa shape index (κ1) is 15.3. The predicted molar refractivity (Wildman–Crippen MR) is 79.7 cm³/mol. The van der Waals surface area contributed by atoms with Crippen molar-refractivity contribution in [3.05, 3.63) is 33.9 Å². The monoisotopic (exact) mass is 292 g/mol. The van der Waals surface area contributed by atoms with Crippen LogP contribution >= 0.6 is 0 Å². The van der Waals surface area contributed by atoms with Gasteiger partial charge in [0, 0.05) is 12.1 Å². The topological polar surface area (TPSA) is 92.5 Å². The molecule has 0 aliphatic heterocycles. The lowest BCUT2D eigenvalue weighted by molar-refractivity contribution is -0.384. The Kier molecular flexibility index (Phi) is 4.77. The molecule has 1 fully saturated rings. The smallest absolute Gasteiger partial charge is 0.335 e. The summed E-state index contributed by atoms with van der Waals surface area (Å²) in [6.45, 7) is 2.22. The molecule has 0 heterocycles. The van der Waals surface area contributed by atoms with Crippen molar-refractivity contribution in [2.75, 3.05) is 5.32 Å². The van der Waals surface area contributed by atoms with Gasteiger partial charge in [-0.05, 0) is 37.3 Å². The van der Waals surface area contributed by atoms with E-state index in [4.69, 9.17) is 5.11 Å². The van der Waals surface area contributed by atoms with Gasteiger partial charge in [-0.25, -0.2) is 4.79 Å². The van der Waals surface area contributed by atoms with Gasteiger partial charge in [-0.15, -0.1) is 0 Å². The number of nitro groups is 1. The number of nitrogens with zero attached hydrogens (tertiary/aromatic N) is 1. The summed E-state index contributed by atoms with van der Waals surface area (Å²) in [5.74, 6) is -0.403. The summed E-state index contributed by atoms with van der Waals surface area (Å²) in [6, 6.07) is 4.04. The van der Waals surface area contributed by atoms with Gasteiger partial charge in [-0.3, -0.25) is 10.1 Å². The molecule has 6 nitrogen and oxygen atoms in total. The maximum absolute atomic E-state index is 11.1. The lowest BCUT2D eigenvalue weighted by Crippen LogP contribution is -2.19. The van der Waals surface area contributed by atoms with E-state index >= 15 is 0 Å². The summed E-state index contributed by atoms with van der Waals surface area (Å²) in [5.41, 5.74) is 0.293. The Bertz CT molecular complexity index is 544. The van der Waals surface area contributed by atoms with Crippen LogP contribution in [-0.2, 0) is 0 Å². The summed E-state index contributed by atoms with van der Waals surface area (Å²) in [6.07, 6.45) is 5.26. The van der Waals surface area contributed by atoms with Crippen LogP contribution in [-0.4, -0.2) is 22.0 Å². The van der Waals surface area contributed by atoms with Crippen molar-refractivity contribution < 1.29 is 14.8 Å². The molecular formula is C15H20N2O4. The molecule has 1 aromatic rings. The molecule has 0 saturated heterocycles. The van der Waals surface area contributed by atoms with Crippen molar-refractivity contribution in [1.82, 2.24) is 0 Å². The van der Waals surface area contributed by atoms with Gasteiger partial charge in [-0.1, -0.05) is 19.8 Å². The number of anilines is 1. The quantitative estimate of drug-likeness (QED) is 0.501. The van der Waals surface area contributed by atoms with Crippen LogP contribution in [0.4, 0.5) is 11.4 Å². The summed E-state index contributed by atoms with van der Waals surface area (Å²) < 4.78 is 0. The highest BCUT2D eigenvalue weighted by Crippen LogP contribution is 2.30. The first-order valence-electron chi connectivity index (χ1n) is 7.25. The summed E-state index contributed by atoms with van der Waals surface area (Å²) in [5, 5.41) is 23.3. The summed E-state index contributed by atoms with van der Waals surface area (Å²) in [7, 11) is 0. The van der Waals surface area contributed by atoms with Crippen LogP contribution < -0.4 is 5.32 Å². The van der Waals surface area contributed by atoms with Gasteiger partial charge in [-0.2, -0.15) is 0 Å². The highest BCUT2D eigenvalue weighted by Gasteiger charge is 2.21. The lowest BCUT2D eigenvalue weighted by Gasteiger charge is -2.18. The fourth-order valence-corrected chi connectivity index (χ4v) is 2.80. The number of carbonyl (C=O) groups is 1. The molecule has 6 heteroatoms. The molecule has 0 aromatic heterocycles. The van der Waals surface area contributed by atoms with Crippen LogP contribution in [0.1, 0.15) is 49.4 Å². The molecule has 1 aliphatic carbocycles. The van der Waals surface area contributed by atoms with Crippen molar-refractivity contribution in [2.24, 2.45) is 5.92 Å². The van der Waals surface area contributed by atoms with Crippen LogP contribution in [0.2, 0.25) is 0 Å². The van der Waals surface area contributed by atoms with E-state index in [0.717, 1.165) is 25.7 Å². The van der Waals surface area contributed by atoms with E-state index in [-0.39, 0.29) is 17.3 Å². The normalized spacial score (nSPS) is 22.3. The van der Waals surface area contributed by atoms with Crippen molar-refractivity contribution in [3.63, 3.8) is 0 Å². The largest absolute Gasteiger partial charge is 0.478 e. The highest BCUT2D eigenvalue weighted by molar-refractivity contribution is 5.90. The number of aromatic carboxylic acids is 1. The Morgan fingerprint density at radius 2 is 2.10 bits per heavy atom. The van der Waals surface area contributed by atoms with E-state index in [1.807, 2.05) is 0 Å². The maximum atomic E-state index is 11.1. The molecule has 0 amide bonds. The Hall–Kier alpha value is -2.11. The number of hydrogen-bond donors (Lipinski definition) is 2. The zero-order valence-corrected chi connectivity index (χ0v) is 12.0. The second-order valence-corrected chi connectivity index (χ2v) is 5.75. The van der Waals surface area contributed by atoms with Gasteiger partial charge < -0.3 is 10.4 Å². The Morgan fingerprint density at radius 3 is 2.76 bits per heavy atom. The molecule has 0 spiro atoms. The van der Waals surface area contributed by atoms with Gasteiger partial charge >= 0.3 is 5.97 Å². The van der Waals surface area contributed by atoms with Crippen molar-refractivity contribution in [1.29, 1.82) is 0 Å². The van der Waals surface area contributed by atoms with Crippen molar-refractivity contribution >= 4 is 17.3 Å². The Labute approximate surface area is 123 Å². The zero-order chi connectivity index (χ0) is 15.4. The van der Waals surface area contributed by atoms with Gasteiger partial charge in [0.15, 0.2) is 0 Å². The van der Waals surface area contributed by atoms with Crippen molar-refractivity contribution in [2.45, 2.75) is 45.1 Å². The first-order chi connectivity index (χ1) is 9.97. The number of hydrogen-bond acceptors (Lipinski definition) is 4. The fourth-order valence-electron chi connectivity index (χ4n) is 2.80. The Balaban J connectivity index is 2.22. The van der Waals surface area contributed by atoms with Crippen molar-refractivity contribution in [3.8, 4) is 0 Å². The second kappa shape index (κ2) is 6.56. The lowest BCUT2D eigenvalue weighted by atomic mass is 10.0. The summed E-state index contributed by atoms with van der Waals surface area (Å²) in [4.78, 5) is 21.6. The summed E-state index contributed by atoms with van der Waals surface area (Å²) >= 11 is 0. The van der Waals surface area contributed by atoms with E-state index in [1.54, 1.807) is 0 Å². The average molecular weight is 292 g/mol. The van der Waals surface area contributed by atoms with E-state index in [0.29, 0.717) is 11.6 Å². The molecular weight excluding hydrogens is 272 g/mol. The van der Waals surface area contributed by atoms with Crippen LogP contribution in [0, 0.1) is 16.0 Å².